The van der Waals surface area contributed by atoms with Gasteiger partial charge in [-0.2, -0.15) is 0 Å². The van der Waals surface area contributed by atoms with E-state index in [1.54, 1.807) is 4.90 Å². The lowest BCUT2D eigenvalue weighted by atomic mass is 9.80. The zero-order valence-electron chi connectivity index (χ0n) is 15.9. The Morgan fingerprint density at radius 1 is 1.10 bits per heavy atom. The number of aliphatic hydroxyl groups excluding tert-OH is 1. The number of hydrogen-bond donors (Lipinski definition) is 1. The Bertz CT molecular complexity index is 1070. The number of likely N-dealkylation sites (tertiary alicyclic amines) is 1. The minimum absolute atomic E-state index is 0.189. The van der Waals surface area contributed by atoms with E-state index in [0.29, 0.717) is 19.5 Å². The van der Waals surface area contributed by atoms with E-state index in [-0.39, 0.29) is 17.0 Å². The second-order valence-corrected chi connectivity index (χ2v) is 8.01. The molecular weight excluding hydrogens is 367 g/mol. The van der Waals surface area contributed by atoms with Crippen molar-refractivity contribution in [1.29, 1.82) is 0 Å². The van der Waals surface area contributed by atoms with Gasteiger partial charge in [0.25, 0.3) is 5.91 Å². The Kier molecular flexibility index (Phi) is 4.21. The van der Waals surface area contributed by atoms with Crippen molar-refractivity contribution < 1.29 is 14.3 Å². The summed E-state index contributed by atoms with van der Waals surface area (Å²) in [6.07, 6.45) is 1.95. The highest BCUT2D eigenvalue weighted by atomic mass is 19.1. The van der Waals surface area contributed by atoms with E-state index in [1.807, 2.05) is 18.2 Å². The number of carbonyl (C=O) groups is 1. The number of aliphatic hydroxyl groups is 1. The van der Waals surface area contributed by atoms with Crippen molar-refractivity contribution in [1.82, 2.24) is 9.88 Å². The number of nitrogens with zero attached hydrogens (tertiary/aromatic N) is 2. The third-order valence-corrected chi connectivity index (χ3v) is 6.26. The van der Waals surface area contributed by atoms with Crippen LogP contribution in [0.25, 0.3) is 11.1 Å². The van der Waals surface area contributed by atoms with Gasteiger partial charge < -0.3 is 10.0 Å². The Labute approximate surface area is 168 Å². The third-order valence-electron chi connectivity index (χ3n) is 6.26. The lowest BCUT2D eigenvalue weighted by Crippen LogP contribution is -2.33. The predicted molar refractivity (Wildman–Crippen MR) is 108 cm³/mol. The maximum absolute atomic E-state index is 13.1. The van der Waals surface area contributed by atoms with Gasteiger partial charge in [0.05, 0.1) is 12.3 Å². The van der Waals surface area contributed by atoms with Crippen LogP contribution in [0.1, 0.15) is 40.6 Å². The number of aromatic nitrogens is 1. The molecule has 0 radical (unpaired) electrons. The fourth-order valence-corrected chi connectivity index (χ4v) is 4.82. The van der Waals surface area contributed by atoms with Crippen LogP contribution < -0.4 is 0 Å². The maximum Gasteiger partial charge on any atom is 0.272 e. The molecule has 146 valence electrons. The van der Waals surface area contributed by atoms with Gasteiger partial charge in [0.15, 0.2) is 0 Å². The zero-order valence-corrected chi connectivity index (χ0v) is 15.9. The summed E-state index contributed by atoms with van der Waals surface area (Å²) in [7, 11) is 0. The smallest absolute Gasteiger partial charge is 0.272 e. The largest absolute Gasteiger partial charge is 0.388 e. The minimum atomic E-state index is -0.535. The Hall–Kier alpha value is -3.05. The van der Waals surface area contributed by atoms with Gasteiger partial charge in [-0.25, -0.2) is 9.37 Å². The van der Waals surface area contributed by atoms with E-state index >= 15 is 0 Å². The standard InChI is InChI=1S/C24H21FN2O2/c25-18-7-9-21(26-14-18)23(29)27-11-10-24(15-27)13-22(28)19-12-17(6-8-20(19)24)16-4-2-1-3-5-16/h1-9,12,14,22,28H,10-11,13,15H2. The molecule has 2 aromatic carbocycles. The van der Waals surface area contributed by atoms with Crippen LogP contribution in [-0.4, -0.2) is 34.0 Å². The first kappa shape index (κ1) is 18.0. The monoisotopic (exact) mass is 388 g/mol. The first-order chi connectivity index (χ1) is 14.1. The lowest BCUT2D eigenvalue weighted by Gasteiger charge is -2.25. The van der Waals surface area contributed by atoms with Gasteiger partial charge in [0.1, 0.15) is 11.5 Å². The van der Waals surface area contributed by atoms with Crippen molar-refractivity contribution in [3.63, 3.8) is 0 Å². The summed E-state index contributed by atoms with van der Waals surface area (Å²) in [5.41, 5.74) is 4.31. The van der Waals surface area contributed by atoms with Crippen molar-refractivity contribution in [3.8, 4) is 11.1 Å². The molecule has 1 aliphatic carbocycles. The number of amides is 1. The van der Waals surface area contributed by atoms with Gasteiger partial charge in [-0.15, -0.1) is 0 Å². The number of halogens is 1. The fraction of sp³-hybridized carbons (Fsp3) is 0.250. The molecule has 2 heterocycles. The van der Waals surface area contributed by atoms with Crippen LogP contribution in [0.4, 0.5) is 4.39 Å². The number of hydrogen-bond acceptors (Lipinski definition) is 3. The molecule has 5 heteroatoms. The second kappa shape index (κ2) is 6.78. The predicted octanol–water partition coefficient (Wildman–Crippen LogP) is 4.11. The first-order valence-electron chi connectivity index (χ1n) is 9.84. The summed E-state index contributed by atoms with van der Waals surface area (Å²) in [6.45, 7) is 1.14. The molecule has 0 bridgehead atoms. The van der Waals surface area contributed by atoms with Crippen molar-refractivity contribution in [3.05, 3.63) is 89.5 Å². The molecule has 2 aliphatic rings. The molecule has 29 heavy (non-hydrogen) atoms. The van der Waals surface area contributed by atoms with Crippen LogP contribution in [-0.2, 0) is 5.41 Å². The molecule has 2 atom stereocenters. The molecule has 5 rings (SSSR count). The quantitative estimate of drug-likeness (QED) is 0.719. The van der Waals surface area contributed by atoms with Crippen LogP contribution in [0.15, 0.2) is 66.9 Å². The highest BCUT2D eigenvalue weighted by Gasteiger charge is 2.48. The lowest BCUT2D eigenvalue weighted by molar-refractivity contribution is 0.0770. The van der Waals surface area contributed by atoms with Gasteiger partial charge in [-0.05, 0) is 53.3 Å². The van der Waals surface area contributed by atoms with Crippen molar-refractivity contribution in [2.45, 2.75) is 24.4 Å². The zero-order chi connectivity index (χ0) is 20.0. The molecule has 4 nitrogen and oxygen atoms in total. The molecular formula is C24H21FN2O2. The SMILES string of the molecule is O=C(c1ccc(F)cn1)N1CCC2(CC(O)c3cc(-c4ccccc4)ccc32)C1. The summed E-state index contributed by atoms with van der Waals surface area (Å²) < 4.78 is 13.1. The number of pyridine rings is 1. The van der Waals surface area contributed by atoms with E-state index < -0.39 is 11.9 Å². The molecule has 1 aliphatic heterocycles. The molecule has 0 saturated carbocycles. The maximum atomic E-state index is 13.1. The van der Waals surface area contributed by atoms with E-state index in [2.05, 4.69) is 35.3 Å². The summed E-state index contributed by atoms with van der Waals surface area (Å²) in [6, 6.07) is 19.1. The number of fused-ring (bicyclic) bond motifs is 2. The molecule has 1 saturated heterocycles. The summed E-state index contributed by atoms with van der Waals surface area (Å²) >= 11 is 0. The Morgan fingerprint density at radius 3 is 2.69 bits per heavy atom. The van der Waals surface area contributed by atoms with E-state index in [4.69, 9.17) is 0 Å². The highest BCUT2D eigenvalue weighted by Crippen LogP contribution is 2.51. The van der Waals surface area contributed by atoms with Crippen LogP contribution >= 0.6 is 0 Å². The van der Waals surface area contributed by atoms with E-state index in [9.17, 15) is 14.3 Å². The van der Waals surface area contributed by atoms with Crippen LogP contribution in [0.5, 0.6) is 0 Å². The fourth-order valence-electron chi connectivity index (χ4n) is 4.82. The van der Waals surface area contributed by atoms with Crippen molar-refractivity contribution in [2.75, 3.05) is 13.1 Å². The summed E-state index contributed by atoms with van der Waals surface area (Å²) in [5, 5.41) is 10.8. The van der Waals surface area contributed by atoms with E-state index in [1.165, 1.54) is 12.1 Å². The summed E-state index contributed by atoms with van der Waals surface area (Å²) in [5.74, 6) is -0.646. The van der Waals surface area contributed by atoms with Crippen LogP contribution in [0.3, 0.4) is 0 Å². The van der Waals surface area contributed by atoms with Gasteiger partial charge >= 0.3 is 0 Å². The number of rotatable bonds is 2. The molecule has 1 amide bonds. The number of benzene rings is 2. The Morgan fingerprint density at radius 2 is 1.93 bits per heavy atom. The molecule has 1 fully saturated rings. The van der Waals surface area contributed by atoms with Gasteiger partial charge in [-0.3, -0.25) is 4.79 Å². The molecule has 1 aromatic heterocycles. The molecule has 1 N–H and O–H groups in total. The minimum Gasteiger partial charge on any atom is -0.388 e. The molecule has 3 aromatic rings. The molecule has 1 spiro atoms. The normalized spacial score (nSPS) is 22.8. The van der Waals surface area contributed by atoms with Crippen molar-refractivity contribution >= 4 is 5.91 Å². The number of carbonyl (C=O) groups excluding carboxylic acids is 1. The van der Waals surface area contributed by atoms with Crippen LogP contribution in [0.2, 0.25) is 0 Å². The highest BCUT2D eigenvalue weighted by molar-refractivity contribution is 5.92. The van der Waals surface area contributed by atoms with Gasteiger partial charge in [-0.1, -0.05) is 42.5 Å². The Balaban J connectivity index is 1.43. The third kappa shape index (κ3) is 3.02. The second-order valence-electron chi connectivity index (χ2n) is 8.01. The average Bonchev–Trinajstić information content (AvgIpc) is 3.30. The van der Waals surface area contributed by atoms with Crippen molar-refractivity contribution in [2.24, 2.45) is 0 Å². The topological polar surface area (TPSA) is 53.4 Å². The molecule has 2 unspecified atom stereocenters. The first-order valence-corrected chi connectivity index (χ1v) is 9.84. The van der Waals surface area contributed by atoms with Gasteiger partial charge in [0.2, 0.25) is 0 Å². The average molecular weight is 388 g/mol. The van der Waals surface area contributed by atoms with E-state index in [0.717, 1.165) is 34.9 Å². The van der Waals surface area contributed by atoms with Crippen LogP contribution in [0, 0.1) is 5.82 Å². The van der Waals surface area contributed by atoms with Gasteiger partial charge in [0, 0.05) is 18.5 Å². The summed E-state index contributed by atoms with van der Waals surface area (Å²) in [4.78, 5) is 18.5.